The van der Waals surface area contributed by atoms with Gasteiger partial charge in [-0.3, -0.25) is 28.8 Å². The molecule has 0 bridgehead atoms. The molecule has 456 valence electrons. The van der Waals surface area contributed by atoms with Crippen LogP contribution in [0.2, 0.25) is 0 Å². The van der Waals surface area contributed by atoms with E-state index in [1.54, 1.807) is 77.8 Å². The Morgan fingerprint density at radius 2 is 0.761 bits per heavy atom. The molecule has 23 heteroatoms. The first-order chi connectivity index (χ1) is 41.8. The lowest BCUT2D eigenvalue weighted by atomic mass is 10.0. The fraction of sp³-hybridized carbons (Fsp3) is 0.215. The number of amides is 6. The largest absolute Gasteiger partial charge is 0.383 e. The van der Waals surface area contributed by atoms with E-state index in [1.807, 2.05) is 96.1 Å². The number of benzene rings is 6. The van der Waals surface area contributed by atoms with Crippen molar-refractivity contribution in [3.63, 3.8) is 0 Å². The summed E-state index contributed by atoms with van der Waals surface area (Å²) in [6, 6.07) is 37.4. The Morgan fingerprint density at radius 3 is 1.09 bits per heavy atom. The molecule has 0 aliphatic carbocycles. The van der Waals surface area contributed by atoms with Crippen molar-refractivity contribution in [2.24, 2.45) is 17.2 Å². The number of halogens is 2. The van der Waals surface area contributed by atoms with Gasteiger partial charge in [-0.2, -0.15) is 15.3 Å². The van der Waals surface area contributed by atoms with Crippen LogP contribution in [-0.4, -0.2) is 64.8 Å². The van der Waals surface area contributed by atoms with Gasteiger partial charge < -0.3 is 50.4 Å². The lowest BCUT2D eigenvalue weighted by Gasteiger charge is -2.09. The number of carbonyl (C=O) groups is 6. The maximum absolute atomic E-state index is 13.4. The van der Waals surface area contributed by atoms with E-state index >= 15 is 0 Å². The van der Waals surface area contributed by atoms with E-state index in [2.05, 4.69) is 31.2 Å². The van der Waals surface area contributed by atoms with Gasteiger partial charge in [0.15, 0.2) is 0 Å². The Labute approximate surface area is 507 Å². The molecular formula is C65H71F2N15O6. The molecule has 0 saturated carbocycles. The average molecular weight is 1200 g/mol. The van der Waals surface area contributed by atoms with Gasteiger partial charge in [0.05, 0.1) is 0 Å². The fourth-order valence-electron chi connectivity index (χ4n) is 9.41. The molecule has 21 nitrogen and oxygen atoms in total. The number of hydrogen-bond acceptors (Lipinski definition) is 12. The van der Waals surface area contributed by atoms with E-state index in [9.17, 15) is 37.5 Å². The van der Waals surface area contributed by atoms with E-state index in [4.69, 9.17) is 34.4 Å². The summed E-state index contributed by atoms with van der Waals surface area (Å²) < 4.78 is 31.5. The summed E-state index contributed by atoms with van der Waals surface area (Å²) in [6.45, 7) is 16.4. The van der Waals surface area contributed by atoms with E-state index in [0.29, 0.717) is 69.1 Å². The van der Waals surface area contributed by atoms with Crippen LogP contribution in [0.25, 0.3) is 33.8 Å². The maximum Gasteiger partial charge on any atom is 0.254 e. The van der Waals surface area contributed by atoms with Gasteiger partial charge in [-0.25, -0.2) is 22.8 Å². The third kappa shape index (κ3) is 15.1. The van der Waals surface area contributed by atoms with Crippen LogP contribution in [0.1, 0.15) is 142 Å². The Balaban J connectivity index is 0.000000188. The minimum atomic E-state index is -0.642. The topological polar surface area (TPSA) is 348 Å². The first-order valence-electron chi connectivity index (χ1n) is 28.0. The standard InChI is InChI=1S/C22H24FN5O2.C22H25N5O2.C21H22FN5O2/c1-12(2)28-20(24)18(21(25)29)19(27-28)15-7-5-14(6-8-15)11-26-22(30)17-10-16(23)9-4-13(17)3;1-13(2)27-20(23)18(21(24)28)19(26-27)16-10-8-15(9-11-16)12-25-22(29)17-7-5-4-6-14(17)3;1-3-27-19(23)17(20(24)28)18(26-27)14-7-5-13(6-8-14)11-25-21(29)16-10-15(22)9-4-12(16)2/h4-10,12H,11,24H2,1-3H3,(H2,25,29)(H,26,30);4-11,13H,12,23H2,1-3H3,(H2,24,28)(H,25,29);4-10H,3,11,23H2,1-2H3,(H2,24,28)(H,25,29). The fourth-order valence-corrected chi connectivity index (χ4v) is 9.41. The molecule has 0 aliphatic rings. The summed E-state index contributed by atoms with van der Waals surface area (Å²) in [5.41, 5.74) is 44.8. The number of hydrogen-bond donors (Lipinski definition) is 9. The zero-order chi connectivity index (χ0) is 64.3. The van der Waals surface area contributed by atoms with Crippen LogP contribution in [0.5, 0.6) is 0 Å². The van der Waals surface area contributed by atoms with E-state index in [-0.39, 0.29) is 77.0 Å². The highest BCUT2D eigenvalue weighted by Crippen LogP contribution is 2.32. The van der Waals surface area contributed by atoms with Crippen molar-refractivity contribution in [2.75, 3.05) is 17.2 Å². The zero-order valence-corrected chi connectivity index (χ0v) is 50.0. The number of carbonyl (C=O) groups excluding carboxylic acids is 6. The molecule has 0 radical (unpaired) electrons. The molecule has 0 unspecified atom stereocenters. The van der Waals surface area contributed by atoms with Gasteiger partial charge in [0.25, 0.3) is 35.4 Å². The number of nitrogen functional groups attached to an aromatic ring is 3. The smallest absolute Gasteiger partial charge is 0.254 e. The van der Waals surface area contributed by atoms with E-state index < -0.39 is 29.4 Å². The molecule has 9 rings (SSSR count). The predicted octanol–water partition coefficient (Wildman–Crippen LogP) is 8.87. The van der Waals surface area contributed by atoms with Gasteiger partial charge in [0, 0.05) is 71.6 Å². The monoisotopic (exact) mass is 1200 g/mol. The second-order valence-corrected chi connectivity index (χ2v) is 21.2. The molecule has 6 aromatic carbocycles. The minimum absolute atomic E-state index is 0.00206. The zero-order valence-electron chi connectivity index (χ0n) is 50.0. The van der Waals surface area contributed by atoms with Crippen molar-refractivity contribution in [2.45, 2.75) is 93.7 Å². The molecule has 9 aromatic rings. The summed E-state index contributed by atoms with van der Waals surface area (Å²) >= 11 is 0. The van der Waals surface area contributed by atoms with Crippen molar-refractivity contribution in [1.29, 1.82) is 0 Å². The van der Waals surface area contributed by atoms with Crippen molar-refractivity contribution in [3.8, 4) is 33.8 Å². The Hall–Kier alpha value is -11.0. The lowest BCUT2D eigenvalue weighted by molar-refractivity contribution is 0.0941. The van der Waals surface area contributed by atoms with Gasteiger partial charge in [0.2, 0.25) is 0 Å². The quantitative estimate of drug-likeness (QED) is 0.0389. The molecule has 6 amide bonds. The summed E-state index contributed by atoms with van der Waals surface area (Å²) in [5, 5.41) is 21.8. The molecule has 0 fully saturated rings. The third-order valence-corrected chi connectivity index (χ3v) is 14.2. The maximum atomic E-state index is 13.4. The molecule has 3 aromatic heterocycles. The van der Waals surface area contributed by atoms with Gasteiger partial charge in [-0.15, -0.1) is 0 Å². The Bertz CT molecular complexity index is 4060. The lowest BCUT2D eigenvalue weighted by Crippen LogP contribution is -2.23. The van der Waals surface area contributed by atoms with Crippen LogP contribution in [0.15, 0.2) is 133 Å². The van der Waals surface area contributed by atoms with Gasteiger partial charge in [-0.1, -0.05) is 103 Å². The molecule has 0 atom stereocenters. The van der Waals surface area contributed by atoms with Crippen LogP contribution in [-0.2, 0) is 26.2 Å². The van der Waals surface area contributed by atoms with Gasteiger partial charge in [0.1, 0.15) is 62.9 Å². The number of nitrogens with zero attached hydrogens (tertiary/aromatic N) is 6. The molecule has 88 heavy (non-hydrogen) atoms. The number of rotatable bonds is 18. The SMILES string of the molecule is CCn1nc(-c2ccc(CNC(=O)c3cc(F)ccc3C)cc2)c(C(N)=O)c1N.Cc1ccc(F)cc1C(=O)NCc1ccc(-c2nn(C(C)C)c(N)c2C(N)=O)cc1.Cc1ccccc1C(=O)NCc1ccc(-c2nn(C(C)C)c(N)c2C(N)=O)cc1. The average Bonchev–Trinajstić information content (AvgIpc) is 3.67. The number of anilines is 3. The Morgan fingerprint density at radius 1 is 0.443 bits per heavy atom. The molecule has 0 saturated heterocycles. The number of aryl methyl sites for hydroxylation is 4. The minimum Gasteiger partial charge on any atom is -0.383 e. The predicted molar refractivity (Wildman–Crippen MR) is 335 cm³/mol. The van der Waals surface area contributed by atoms with Crippen molar-refractivity contribution >= 4 is 52.9 Å². The summed E-state index contributed by atoms with van der Waals surface area (Å²) in [7, 11) is 0. The highest BCUT2D eigenvalue weighted by molar-refractivity contribution is 6.05. The second-order valence-electron chi connectivity index (χ2n) is 21.2. The van der Waals surface area contributed by atoms with Crippen LogP contribution in [0.4, 0.5) is 26.2 Å². The van der Waals surface area contributed by atoms with Gasteiger partial charge >= 0.3 is 0 Å². The van der Waals surface area contributed by atoms with Gasteiger partial charge in [-0.05, 0) is 119 Å². The van der Waals surface area contributed by atoms with E-state index in [0.717, 1.165) is 27.8 Å². The summed E-state index contributed by atoms with van der Waals surface area (Å²) in [6.07, 6.45) is 0. The first-order valence-corrected chi connectivity index (χ1v) is 28.0. The third-order valence-electron chi connectivity index (χ3n) is 14.2. The highest BCUT2D eigenvalue weighted by atomic mass is 19.1. The Kier molecular flexibility index (Phi) is 20.8. The van der Waals surface area contributed by atoms with Crippen LogP contribution < -0.4 is 50.4 Å². The van der Waals surface area contributed by atoms with Crippen molar-refractivity contribution < 1.29 is 37.5 Å². The van der Waals surface area contributed by atoms with Crippen LogP contribution >= 0.6 is 0 Å². The summed E-state index contributed by atoms with van der Waals surface area (Å²) in [5.74, 6) is -2.90. The first kappa shape index (κ1) is 64.6. The normalized spacial score (nSPS) is 10.9. The van der Waals surface area contributed by atoms with E-state index in [1.165, 1.54) is 28.9 Å². The van der Waals surface area contributed by atoms with Crippen LogP contribution in [0, 0.1) is 32.4 Å². The number of nitrogens with two attached hydrogens (primary N) is 6. The highest BCUT2D eigenvalue weighted by Gasteiger charge is 2.25. The molecule has 0 aliphatic heterocycles. The number of aromatic nitrogens is 6. The van der Waals surface area contributed by atoms with Crippen LogP contribution in [0.3, 0.4) is 0 Å². The van der Waals surface area contributed by atoms with Crippen molar-refractivity contribution in [1.82, 2.24) is 45.3 Å². The number of nitrogens with one attached hydrogen (secondary N) is 3. The molecule has 3 heterocycles. The second kappa shape index (κ2) is 28.3. The molecule has 0 spiro atoms. The number of primary amides is 3. The molecular weight excluding hydrogens is 1120 g/mol. The summed E-state index contributed by atoms with van der Waals surface area (Å²) in [4.78, 5) is 72.6. The van der Waals surface area contributed by atoms with Crippen molar-refractivity contribution in [3.05, 3.63) is 212 Å². The molecule has 15 N–H and O–H groups in total.